The Morgan fingerprint density at radius 2 is 1.76 bits per heavy atom. The lowest BCUT2D eigenvalue weighted by molar-refractivity contribution is -0.133. The van der Waals surface area contributed by atoms with E-state index in [1.54, 1.807) is 26.6 Å². The molecule has 5 heterocycles. The Kier molecular flexibility index (Phi) is 9.90. The van der Waals surface area contributed by atoms with Crippen LogP contribution in [0.1, 0.15) is 44.1 Å². The first kappa shape index (κ1) is 34.4. The number of nitrogens with one attached hydrogen (secondary N) is 3. The van der Waals surface area contributed by atoms with Crippen molar-refractivity contribution < 1.29 is 23.5 Å². The molecule has 0 radical (unpaired) electrons. The summed E-state index contributed by atoms with van der Waals surface area (Å²) in [6.45, 7) is 3.66. The normalized spacial score (nSPS) is 19.4. The first-order chi connectivity index (χ1) is 24.7. The van der Waals surface area contributed by atoms with Crippen LogP contribution in [0.2, 0.25) is 0 Å². The van der Waals surface area contributed by atoms with E-state index >= 15 is 4.39 Å². The van der Waals surface area contributed by atoms with Crippen LogP contribution >= 0.6 is 0 Å². The highest BCUT2D eigenvalue weighted by atomic mass is 19.1. The van der Waals surface area contributed by atoms with Crippen molar-refractivity contribution in [2.45, 2.75) is 51.0 Å². The fourth-order valence-electron chi connectivity index (χ4n) is 7.78. The van der Waals surface area contributed by atoms with Gasteiger partial charge in [-0.05, 0) is 99.5 Å². The van der Waals surface area contributed by atoms with Gasteiger partial charge < -0.3 is 19.5 Å². The lowest BCUT2D eigenvalue weighted by Gasteiger charge is -2.35. The highest BCUT2D eigenvalue weighted by Gasteiger charge is 2.30. The minimum Gasteiger partial charge on any atom is -0.496 e. The molecule has 0 spiro atoms. The van der Waals surface area contributed by atoms with Crippen LogP contribution in [-0.4, -0.2) is 83.1 Å². The summed E-state index contributed by atoms with van der Waals surface area (Å²) in [7, 11) is 3.21. The molecule has 12 nitrogen and oxygen atoms in total. The number of H-pyrrole nitrogens is 1. The minimum atomic E-state index is -0.416. The second-order valence-electron chi connectivity index (χ2n) is 14.1. The van der Waals surface area contributed by atoms with Crippen molar-refractivity contribution in [2.75, 3.05) is 50.1 Å². The molecule has 2 amide bonds. The number of fused-ring (bicyclic) bond motifs is 1. The highest BCUT2D eigenvalue weighted by Crippen LogP contribution is 2.35. The van der Waals surface area contributed by atoms with Crippen molar-refractivity contribution in [3.05, 3.63) is 70.5 Å². The van der Waals surface area contributed by atoms with Crippen LogP contribution in [0.3, 0.4) is 0 Å². The number of Topliss-reactive ketones (excluding diaryl/α,β-unsaturated/α-hetero) is 1. The van der Waals surface area contributed by atoms with Crippen LogP contribution in [-0.2, 0) is 27.9 Å². The lowest BCUT2D eigenvalue weighted by atomic mass is 9.87. The van der Waals surface area contributed by atoms with Gasteiger partial charge in [-0.1, -0.05) is 0 Å². The number of carbonyl (C=O) groups excluding carboxylic acids is 3. The van der Waals surface area contributed by atoms with Crippen molar-refractivity contribution in [3.8, 4) is 16.9 Å². The molecular formula is C38H44FN7O5. The largest absolute Gasteiger partial charge is 0.496 e. The molecule has 0 saturated carbocycles. The van der Waals surface area contributed by atoms with Gasteiger partial charge in [-0.2, -0.15) is 5.10 Å². The number of amides is 2. The van der Waals surface area contributed by atoms with E-state index in [-0.39, 0.29) is 35.0 Å². The predicted molar refractivity (Wildman–Crippen MR) is 192 cm³/mol. The van der Waals surface area contributed by atoms with E-state index in [9.17, 15) is 19.2 Å². The van der Waals surface area contributed by atoms with Crippen molar-refractivity contribution in [2.24, 2.45) is 18.9 Å². The molecule has 2 aromatic heterocycles. The van der Waals surface area contributed by atoms with E-state index in [0.717, 1.165) is 63.2 Å². The number of likely N-dealkylation sites (tertiary alicyclic amines) is 1. The van der Waals surface area contributed by atoms with E-state index in [1.807, 2.05) is 30.3 Å². The molecule has 51 heavy (non-hydrogen) atoms. The lowest BCUT2D eigenvalue weighted by Crippen LogP contribution is -2.47. The molecule has 2 aromatic carbocycles. The molecule has 3 aliphatic heterocycles. The Morgan fingerprint density at radius 3 is 2.47 bits per heavy atom. The summed E-state index contributed by atoms with van der Waals surface area (Å²) >= 11 is 0. The first-order valence-corrected chi connectivity index (χ1v) is 17.8. The van der Waals surface area contributed by atoms with Crippen molar-refractivity contribution in [3.63, 3.8) is 0 Å². The minimum absolute atomic E-state index is 0.0413. The molecule has 3 fully saturated rings. The van der Waals surface area contributed by atoms with Gasteiger partial charge in [-0.15, -0.1) is 0 Å². The number of anilines is 2. The number of hydrogen-bond donors (Lipinski definition) is 3. The molecule has 13 heteroatoms. The number of halogens is 1. The van der Waals surface area contributed by atoms with Crippen molar-refractivity contribution in [1.29, 1.82) is 0 Å². The summed E-state index contributed by atoms with van der Waals surface area (Å²) in [5, 5.41) is 13.0. The number of benzene rings is 2. The van der Waals surface area contributed by atoms with Gasteiger partial charge in [0.25, 0.3) is 5.56 Å². The molecule has 3 saturated heterocycles. The van der Waals surface area contributed by atoms with Crippen LogP contribution in [0.25, 0.3) is 22.0 Å². The fourth-order valence-corrected chi connectivity index (χ4v) is 7.78. The smallest absolute Gasteiger partial charge is 0.276 e. The van der Waals surface area contributed by atoms with Gasteiger partial charge >= 0.3 is 0 Å². The number of aryl methyl sites for hydroxylation is 1. The number of aromatic amines is 1. The summed E-state index contributed by atoms with van der Waals surface area (Å²) in [4.78, 5) is 53.8. The van der Waals surface area contributed by atoms with Crippen molar-refractivity contribution in [1.82, 2.24) is 25.0 Å². The fraction of sp³-hybridized carbons (Fsp3) is 0.447. The Labute approximate surface area is 295 Å². The van der Waals surface area contributed by atoms with Gasteiger partial charge in [0.1, 0.15) is 28.9 Å². The summed E-state index contributed by atoms with van der Waals surface area (Å²) < 4.78 is 22.8. The third-order valence-electron chi connectivity index (χ3n) is 10.8. The summed E-state index contributed by atoms with van der Waals surface area (Å²) in [6, 6.07) is 10.9. The molecular weight excluding hydrogens is 653 g/mol. The summed E-state index contributed by atoms with van der Waals surface area (Å²) in [5.74, 6) is 0.244. The Balaban J connectivity index is 0.886. The zero-order chi connectivity index (χ0) is 35.6. The number of ketones is 1. The Morgan fingerprint density at radius 1 is 1.02 bits per heavy atom. The van der Waals surface area contributed by atoms with Gasteiger partial charge in [0, 0.05) is 66.6 Å². The SMILES string of the molecule is COc1cc(-c2cn(C)c(=O)c3[nH]ncc23)cc(F)c1CC1CCN(CC(=O)C2CCN(c3ccc(NC4CCC(=O)NC4=O)cc3)CC2)CC1. The van der Waals surface area contributed by atoms with E-state index < -0.39 is 6.04 Å². The van der Waals surface area contributed by atoms with Crippen molar-refractivity contribution >= 4 is 39.9 Å². The average Bonchev–Trinajstić information content (AvgIpc) is 3.63. The monoisotopic (exact) mass is 697 g/mol. The molecule has 1 atom stereocenters. The second-order valence-corrected chi connectivity index (χ2v) is 14.1. The second kappa shape index (κ2) is 14.7. The van der Waals surface area contributed by atoms with Gasteiger partial charge in [-0.3, -0.25) is 34.5 Å². The number of ether oxygens (including phenoxy) is 1. The number of carbonyl (C=O) groups is 3. The molecule has 268 valence electrons. The Hall–Kier alpha value is -5.04. The number of nitrogens with zero attached hydrogens (tertiary/aromatic N) is 4. The third kappa shape index (κ3) is 7.39. The third-order valence-corrected chi connectivity index (χ3v) is 10.8. The molecule has 3 N–H and O–H groups in total. The number of hydrogen-bond acceptors (Lipinski definition) is 9. The highest BCUT2D eigenvalue weighted by molar-refractivity contribution is 6.01. The zero-order valence-electron chi connectivity index (χ0n) is 29.0. The van der Waals surface area contributed by atoms with Crippen LogP contribution in [0, 0.1) is 17.7 Å². The van der Waals surface area contributed by atoms with Gasteiger partial charge in [0.15, 0.2) is 0 Å². The standard InChI is InChI=1S/C38H44FN7O5/c1-44-21-30(29-20-40-43-36(29)38(44)50)25-18-31(39)28(34(19-25)51-2)17-23-9-13-45(14-10-23)22-33(47)24-11-15-46(16-12-24)27-5-3-26(4-6-27)41-32-7-8-35(48)42-37(32)49/h3-6,18-21,23-24,32,41H,7-17,22H2,1-2H3,(H,40,43)(H,42,48,49). The maximum Gasteiger partial charge on any atom is 0.276 e. The first-order valence-electron chi connectivity index (χ1n) is 17.8. The maximum atomic E-state index is 15.7. The topological polar surface area (TPSA) is 142 Å². The quantitative estimate of drug-likeness (QED) is 0.210. The number of imide groups is 1. The van der Waals surface area contributed by atoms with E-state index in [2.05, 4.69) is 30.6 Å². The van der Waals surface area contributed by atoms with E-state index in [4.69, 9.17) is 4.74 Å². The predicted octanol–water partition coefficient (Wildman–Crippen LogP) is 4.03. The van der Waals surface area contributed by atoms with Crippen LogP contribution in [0.15, 0.2) is 53.6 Å². The van der Waals surface area contributed by atoms with E-state index in [0.29, 0.717) is 64.9 Å². The van der Waals surface area contributed by atoms with Gasteiger partial charge in [-0.25, -0.2) is 4.39 Å². The number of rotatable bonds is 10. The Bertz CT molecular complexity index is 1990. The number of aromatic nitrogens is 3. The maximum absolute atomic E-state index is 15.7. The molecule has 3 aliphatic rings. The number of pyridine rings is 1. The van der Waals surface area contributed by atoms with Crippen LogP contribution < -0.4 is 25.8 Å². The average molecular weight is 698 g/mol. The molecule has 0 aliphatic carbocycles. The van der Waals surface area contributed by atoms with Crippen LogP contribution in [0.5, 0.6) is 5.75 Å². The van der Waals surface area contributed by atoms with Gasteiger partial charge in [0.2, 0.25) is 11.8 Å². The molecule has 7 rings (SSSR count). The number of methoxy groups -OCH3 is 1. The summed E-state index contributed by atoms with van der Waals surface area (Å²) in [6.07, 6.45) is 8.02. The van der Waals surface area contributed by atoms with Gasteiger partial charge in [0.05, 0.1) is 19.9 Å². The number of piperidine rings is 3. The summed E-state index contributed by atoms with van der Waals surface area (Å²) in [5.41, 5.74) is 3.96. The van der Waals surface area contributed by atoms with Crippen LogP contribution in [0.4, 0.5) is 15.8 Å². The molecule has 1 unspecified atom stereocenters. The van der Waals surface area contributed by atoms with E-state index in [1.165, 1.54) is 10.6 Å². The molecule has 0 bridgehead atoms. The zero-order valence-corrected chi connectivity index (χ0v) is 29.0. The molecule has 4 aromatic rings.